The number of pyridine rings is 4. The molecule has 142 heavy (non-hydrogen) atoms. The molecule has 24 bridgehead atoms. The first-order valence-corrected chi connectivity index (χ1v) is 47.3. The normalized spacial score (nSPS) is 17.5. The fourth-order valence-electron chi connectivity index (χ4n) is 16.6. The van der Waals surface area contributed by atoms with Crippen molar-refractivity contribution >= 4 is 79.4 Å². The molecule has 1 unspecified atom stereocenters. The van der Waals surface area contributed by atoms with Crippen molar-refractivity contribution in [3.63, 3.8) is 0 Å². The number of ether oxygens (including phenoxy) is 8. The average molecular weight is 1910 g/mol. The molecule has 16 aromatic rings. The largest absolute Gasteiger partial charge is 0.494 e. The predicted molar refractivity (Wildman–Crippen MR) is 529 cm³/mol. The third-order valence-electron chi connectivity index (χ3n) is 24.2. The molecule has 24 heterocycles. The van der Waals surface area contributed by atoms with Crippen molar-refractivity contribution in [2.24, 2.45) is 0 Å². The van der Waals surface area contributed by atoms with Crippen LogP contribution < -0.4 is 64.5 Å². The van der Waals surface area contributed by atoms with Gasteiger partial charge in [-0.15, -0.1) is 0 Å². The molecule has 5 atom stereocenters. The summed E-state index contributed by atoms with van der Waals surface area (Å²) in [6, 6.07) is 64.2. The van der Waals surface area contributed by atoms with Gasteiger partial charge in [-0.1, -0.05) is 48.5 Å². The third-order valence-corrected chi connectivity index (χ3v) is 24.2. The average Bonchev–Trinajstić information content (AvgIpc) is 1.64. The number of aldehydes is 1. The summed E-state index contributed by atoms with van der Waals surface area (Å²) in [5, 5.41) is 66.7. The number of nitrogens with one attached hydrogen (secondary N) is 5. The van der Waals surface area contributed by atoms with Gasteiger partial charge in [-0.25, -0.2) is 38.7 Å². The first-order chi connectivity index (χ1) is 69.7. The first-order valence-electron chi connectivity index (χ1n) is 47.3. The van der Waals surface area contributed by atoms with E-state index in [1.54, 1.807) is 117 Å². The second-order valence-electron chi connectivity index (χ2n) is 34.5. The highest BCUT2D eigenvalue weighted by Gasteiger charge is 2.34. The number of hydrogen-bond acceptors (Lipinski definition) is 25. The summed E-state index contributed by atoms with van der Waals surface area (Å²) >= 11 is 0. The van der Waals surface area contributed by atoms with Crippen molar-refractivity contribution in [1.29, 1.82) is 0 Å². The van der Waals surface area contributed by atoms with Crippen LogP contribution in [0.2, 0.25) is 0 Å². The molecule has 1 aliphatic carbocycles. The smallest absolute Gasteiger partial charge is 0.255 e. The number of aliphatic hydroxyl groups is 3. The van der Waals surface area contributed by atoms with Crippen LogP contribution in [0, 0.1) is 0 Å². The zero-order valence-corrected chi connectivity index (χ0v) is 77.6. The molecule has 8 N–H and O–H groups in total. The van der Waals surface area contributed by atoms with Crippen LogP contribution >= 0.6 is 0 Å². The van der Waals surface area contributed by atoms with Crippen molar-refractivity contribution in [2.45, 2.75) is 113 Å². The summed E-state index contributed by atoms with van der Waals surface area (Å²) in [6.45, 7) is 3.94. The number of rotatable bonds is 6. The summed E-state index contributed by atoms with van der Waals surface area (Å²) < 4.78 is 53.4. The summed E-state index contributed by atoms with van der Waals surface area (Å²) in [6.07, 6.45) is 25.0. The second-order valence-corrected chi connectivity index (χ2v) is 34.5. The number of amides is 5. The van der Waals surface area contributed by atoms with Crippen LogP contribution in [0.5, 0.6) is 46.0 Å². The minimum Gasteiger partial charge on any atom is -0.494 e. The zero-order chi connectivity index (χ0) is 97.5. The Morgan fingerprint density at radius 1 is 0.366 bits per heavy atom. The maximum Gasteiger partial charge on any atom is 0.255 e. The summed E-state index contributed by atoms with van der Waals surface area (Å²) in [7, 11) is 0. The lowest BCUT2D eigenvalue weighted by Gasteiger charge is -2.24. The molecular weight excluding hydrogens is 1810 g/mol. The Morgan fingerprint density at radius 3 is 0.986 bits per heavy atom. The summed E-state index contributed by atoms with van der Waals surface area (Å²) in [5.74, 6) is 5.54. The van der Waals surface area contributed by atoms with E-state index in [1.807, 2.05) is 182 Å². The quantitative estimate of drug-likeness (QED) is 0.0566. The van der Waals surface area contributed by atoms with E-state index in [4.69, 9.17) is 37.9 Å². The van der Waals surface area contributed by atoms with Gasteiger partial charge in [0.05, 0.1) is 146 Å². The molecule has 8 aromatic heterocycles. The molecule has 16 aliphatic heterocycles. The summed E-state index contributed by atoms with van der Waals surface area (Å²) in [4.78, 5) is 95.5. The van der Waals surface area contributed by atoms with Gasteiger partial charge in [0.25, 0.3) is 29.5 Å². The lowest BCUT2D eigenvalue weighted by atomic mass is 9.99. The van der Waals surface area contributed by atoms with E-state index in [-0.39, 0.29) is 43.1 Å². The Balaban J connectivity index is 0.000000125. The van der Waals surface area contributed by atoms with E-state index in [0.29, 0.717) is 118 Å². The van der Waals surface area contributed by atoms with E-state index >= 15 is 0 Å². The van der Waals surface area contributed by atoms with Crippen LogP contribution in [0.25, 0.3) is 66.9 Å². The fourth-order valence-corrected chi connectivity index (χ4v) is 16.6. The molecule has 34 heteroatoms. The van der Waals surface area contributed by atoms with Gasteiger partial charge in [0.15, 0.2) is 29.4 Å². The number of benzene rings is 8. The number of aromatic nitrogens is 12. The Bertz CT molecular complexity index is 7130. The summed E-state index contributed by atoms with van der Waals surface area (Å²) in [5.41, 5.74) is 8.24. The van der Waals surface area contributed by atoms with Gasteiger partial charge >= 0.3 is 0 Å². The van der Waals surface area contributed by atoms with Gasteiger partial charge in [0.2, 0.25) is 0 Å². The molecule has 724 valence electrons. The van der Waals surface area contributed by atoms with Crippen molar-refractivity contribution in [3.8, 4) is 69.3 Å². The van der Waals surface area contributed by atoms with Crippen LogP contribution in [-0.4, -0.2) is 213 Å². The third kappa shape index (κ3) is 24.1. The Kier molecular flexibility index (Phi) is 31.1. The molecule has 1 fully saturated rings. The molecule has 0 saturated heterocycles. The fraction of sp³-hybridized carbons (Fsp3) is 0.259. The topological polar surface area (TPSA) is 420 Å². The number of aliphatic hydroxyl groups excluding tert-OH is 3. The predicted octanol–water partition coefficient (Wildman–Crippen LogP) is 12.9. The van der Waals surface area contributed by atoms with Crippen molar-refractivity contribution < 1.29 is 82.0 Å². The number of nitrogens with zero attached hydrogens (tertiary/aromatic N) is 12. The highest BCUT2D eigenvalue weighted by atomic mass is 16.5. The lowest BCUT2D eigenvalue weighted by molar-refractivity contribution is -0.130. The van der Waals surface area contributed by atoms with E-state index in [2.05, 4.69) is 66.9 Å². The molecular formula is C108H105N17O17. The number of hydrogen-bond donors (Lipinski definition) is 8. The molecule has 0 radical (unpaired) electrons. The Morgan fingerprint density at radius 2 is 0.655 bits per heavy atom. The molecule has 33 rings (SSSR count). The van der Waals surface area contributed by atoms with Gasteiger partial charge in [0.1, 0.15) is 65.5 Å². The van der Waals surface area contributed by atoms with Crippen molar-refractivity contribution in [2.75, 3.05) is 66.1 Å². The van der Waals surface area contributed by atoms with Gasteiger partial charge in [-0.2, -0.15) is 20.4 Å². The molecule has 5 amide bonds. The zero-order valence-electron chi connectivity index (χ0n) is 77.6. The van der Waals surface area contributed by atoms with Crippen LogP contribution in [0.1, 0.15) is 115 Å². The van der Waals surface area contributed by atoms with Gasteiger partial charge < -0.3 is 84.6 Å². The maximum absolute atomic E-state index is 13.7. The Labute approximate surface area is 816 Å². The minimum atomic E-state index is -1.44. The van der Waals surface area contributed by atoms with E-state index < -0.39 is 48.0 Å². The monoisotopic (exact) mass is 1910 g/mol. The minimum absolute atomic E-state index is 0.0786. The number of carbonyl (C=O) groups is 6. The van der Waals surface area contributed by atoms with Gasteiger partial charge in [-0.3, -0.25) is 24.0 Å². The molecule has 8 aromatic carbocycles. The molecule has 17 aliphatic rings. The van der Waals surface area contributed by atoms with Crippen molar-refractivity contribution in [1.82, 2.24) is 85.6 Å². The highest BCUT2D eigenvalue weighted by Crippen LogP contribution is 2.32. The number of carbonyl (C=O) groups excluding carboxylic acids is 6. The van der Waals surface area contributed by atoms with Gasteiger partial charge in [0, 0.05) is 52.4 Å². The first kappa shape index (κ1) is 95.6. The molecule has 1 saturated carbocycles. The SMILES string of the molecule is O=C1N[C@H](C(O)C(=O)NC2CC2)Cc2ccc(cc2)OCCCCOc2ccc3c(cnn3-c3ncccc31)c2.O=C1N[C@H](CO)Cc2ccc(cc2)OC/C=C/COc2ccc3c(cnn3-c3ncccc31)c2.O=C1N[C@H](CO)Cc2ccc(cc2)OCCCCOc2ccc3c(cnn3-c3ncccc31)c2.O=C[C@@H]1Cc2ccc(cc2)OCCCCOc2ccc3c(cnn3-c3ncccc3C(=O)N1)c2. The molecule has 0 spiro atoms. The van der Waals surface area contributed by atoms with E-state index in [9.17, 15) is 44.1 Å². The second kappa shape index (κ2) is 46.2. The standard InChI is InChI=1S/C30H31N5O5.C26H26N4O4.2C26H24N4O4/c36-27(30(38)33-21-7-8-21)25-16-19-5-9-22(10-6-19)39-14-1-2-15-40-23-11-12-26-20(17-23)18-32-35(26)28-24(29(37)34-25)4-3-13-31-28;3*31-17-20-14-18-5-7-21(8-6-18)33-12-1-2-13-34-22-9-10-24-19(15-22)16-28-30(24)25-23(26(32)29-20)4-3-11-27-25/h3-6,9-13,17-18,21,25,27,36H,1-2,7-8,14-16H2,(H,33,38)(H,34,37);3-11,15-16,20,31H,1-2,12-14,17H2,(H,29,32);3-11,15-17,20H,1-2,12-14H2,(H,29,32);1-11,15-16,20,31H,12-14,17H2,(H,29,32)/b;;;2-1+/t25-,27?;3*20-/m0000/s1. The Hall–Kier alpha value is -16.7. The van der Waals surface area contributed by atoms with Crippen LogP contribution in [0.3, 0.4) is 0 Å². The van der Waals surface area contributed by atoms with E-state index in [1.165, 1.54) is 0 Å². The van der Waals surface area contributed by atoms with Crippen LogP contribution in [-0.2, 0) is 35.3 Å². The van der Waals surface area contributed by atoms with Crippen LogP contribution in [0.4, 0.5) is 0 Å². The van der Waals surface area contributed by atoms with Crippen LogP contribution in [0.15, 0.2) is 280 Å². The highest BCUT2D eigenvalue weighted by molar-refractivity contribution is 6.01. The van der Waals surface area contributed by atoms with Crippen molar-refractivity contribution in [3.05, 3.63) is 325 Å². The maximum atomic E-state index is 13.7. The van der Waals surface area contributed by atoms with Gasteiger partial charge in [-0.05, 0) is 281 Å². The molecule has 34 nitrogen and oxygen atoms in total. The van der Waals surface area contributed by atoms with E-state index in [0.717, 1.165) is 164 Å². The lowest BCUT2D eigenvalue weighted by Crippen LogP contribution is -2.52.